The molecule has 4 nitrogen and oxygen atoms in total. The minimum absolute atomic E-state index is 0.0608. The number of hydrogen-bond donors (Lipinski definition) is 1. The lowest BCUT2D eigenvalue weighted by atomic mass is 9.96. The Kier molecular flexibility index (Phi) is 5.72. The van der Waals surface area contributed by atoms with E-state index in [4.69, 9.17) is 9.16 Å². The predicted octanol–water partition coefficient (Wildman–Crippen LogP) is 4.27. The molecular formula is C18H29NO3SSi. The normalized spacial score (nSPS) is 22.5. The molecule has 0 saturated carbocycles. The number of carbonyl (C=O) groups excluding carboxylic acids is 1. The highest BCUT2D eigenvalue weighted by molar-refractivity contribution is 8.00. The Hall–Kier alpha value is -0.983. The maximum Gasteiger partial charge on any atom is 0.229 e. The maximum absolute atomic E-state index is 12.1. The topological polar surface area (TPSA) is 47.6 Å². The first-order chi connectivity index (χ1) is 11.0. The van der Waals surface area contributed by atoms with E-state index >= 15 is 0 Å². The van der Waals surface area contributed by atoms with Crippen LogP contribution in [0.2, 0.25) is 18.1 Å². The quantitative estimate of drug-likeness (QED) is 0.602. The Labute approximate surface area is 150 Å². The highest BCUT2D eigenvalue weighted by atomic mass is 32.2. The summed E-state index contributed by atoms with van der Waals surface area (Å²) in [5.41, 5.74) is 0. The van der Waals surface area contributed by atoms with Crippen LogP contribution in [0, 0.1) is 5.92 Å². The van der Waals surface area contributed by atoms with Crippen LogP contribution >= 0.6 is 11.8 Å². The number of hydrogen-bond acceptors (Lipinski definition) is 4. The van der Waals surface area contributed by atoms with Gasteiger partial charge in [-0.15, -0.1) is 11.8 Å². The summed E-state index contributed by atoms with van der Waals surface area (Å²) in [5.74, 6) is 0.821. The molecule has 2 rings (SSSR count). The second kappa shape index (κ2) is 7.10. The lowest BCUT2D eigenvalue weighted by Gasteiger charge is -2.45. The van der Waals surface area contributed by atoms with Gasteiger partial charge >= 0.3 is 0 Å². The number of methoxy groups -OCH3 is 1. The Morgan fingerprint density at radius 2 is 1.79 bits per heavy atom. The zero-order chi connectivity index (χ0) is 18.1. The summed E-state index contributed by atoms with van der Waals surface area (Å²) in [6, 6.07) is 7.91. The lowest BCUT2D eigenvalue weighted by Crippen LogP contribution is -2.62. The Balaban J connectivity index is 2.02. The molecule has 0 aliphatic carbocycles. The fraction of sp³-hybridized carbons (Fsp3) is 0.611. The molecule has 1 heterocycles. The lowest BCUT2D eigenvalue weighted by molar-refractivity contribution is -0.136. The van der Waals surface area contributed by atoms with E-state index in [1.807, 2.05) is 31.2 Å². The highest BCUT2D eigenvalue weighted by Crippen LogP contribution is 2.41. The third-order valence-corrected chi connectivity index (χ3v) is 10.8. The molecule has 1 aliphatic heterocycles. The van der Waals surface area contributed by atoms with Crippen LogP contribution in [-0.4, -0.2) is 32.8 Å². The zero-order valence-corrected chi connectivity index (χ0v) is 17.5. The van der Waals surface area contributed by atoms with E-state index in [-0.39, 0.29) is 28.3 Å². The number of benzene rings is 1. The fourth-order valence-corrected chi connectivity index (χ4v) is 5.13. The third kappa shape index (κ3) is 4.16. The van der Waals surface area contributed by atoms with Crippen LogP contribution in [0.4, 0.5) is 0 Å². The predicted molar refractivity (Wildman–Crippen MR) is 102 cm³/mol. The summed E-state index contributed by atoms with van der Waals surface area (Å²) in [4.78, 5) is 13.2. The smallest absolute Gasteiger partial charge is 0.229 e. The average molecular weight is 368 g/mol. The van der Waals surface area contributed by atoms with Crippen LogP contribution < -0.4 is 10.1 Å². The van der Waals surface area contributed by atoms with Crippen molar-refractivity contribution in [2.75, 3.05) is 7.11 Å². The summed E-state index contributed by atoms with van der Waals surface area (Å²) in [6.45, 7) is 13.1. The van der Waals surface area contributed by atoms with Gasteiger partial charge < -0.3 is 14.5 Å². The zero-order valence-electron chi connectivity index (χ0n) is 15.7. The van der Waals surface area contributed by atoms with E-state index < -0.39 is 8.32 Å². The fourth-order valence-electron chi connectivity index (χ4n) is 2.45. The highest BCUT2D eigenvalue weighted by Gasteiger charge is 2.47. The number of amides is 1. The van der Waals surface area contributed by atoms with Gasteiger partial charge in [0.05, 0.1) is 24.5 Å². The molecule has 0 radical (unpaired) electrons. The molecule has 1 aromatic carbocycles. The minimum Gasteiger partial charge on any atom is -0.497 e. The van der Waals surface area contributed by atoms with Gasteiger partial charge in [-0.25, -0.2) is 0 Å². The van der Waals surface area contributed by atoms with Gasteiger partial charge in [0.15, 0.2) is 8.32 Å². The van der Waals surface area contributed by atoms with E-state index in [0.717, 1.165) is 10.6 Å². The molecule has 1 aliphatic rings. The first-order valence-corrected chi connectivity index (χ1v) is 12.1. The number of nitrogens with one attached hydrogen (secondary N) is 1. The van der Waals surface area contributed by atoms with Crippen molar-refractivity contribution < 1.29 is 14.0 Å². The van der Waals surface area contributed by atoms with Gasteiger partial charge in [-0.2, -0.15) is 0 Å². The molecule has 1 fully saturated rings. The number of carbonyl (C=O) groups is 1. The van der Waals surface area contributed by atoms with E-state index in [0.29, 0.717) is 0 Å². The number of ether oxygens (including phenoxy) is 1. The molecule has 134 valence electrons. The van der Waals surface area contributed by atoms with Crippen LogP contribution in [0.5, 0.6) is 5.75 Å². The van der Waals surface area contributed by atoms with Crippen LogP contribution in [0.25, 0.3) is 0 Å². The largest absolute Gasteiger partial charge is 0.497 e. The molecular weight excluding hydrogens is 338 g/mol. The van der Waals surface area contributed by atoms with E-state index in [9.17, 15) is 4.79 Å². The summed E-state index contributed by atoms with van der Waals surface area (Å²) >= 11 is 1.67. The number of β-lactam (4-membered cyclic amide) rings is 1. The molecule has 1 N–H and O–H groups in total. The van der Waals surface area contributed by atoms with Crippen LogP contribution in [0.1, 0.15) is 27.7 Å². The molecule has 0 unspecified atom stereocenters. The Bertz CT molecular complexity index is 583. The van der Waals surface area contributed by atoms with Crippen molar-refractivity contribution in [3.63, 3.8) is 0 Å². The van der Waals surface area contributed by atoms with Crippen LogP contribution in [0.3, 0.4) is 0 Å². The van der Waals surface area contributed by atoms with Crippen molar-refractivity contribution in [2.45, 2.75) is 62.2 Å². The molecule has 3 atom stereocenters. The average Bonchev–Trinajstić information content (AvgIpc) is 2.45. The standard InChI is InChI=1S/C18H29NO3SSi/c1-12(22-24(6,7)18(2,3)4)15-16(20)19-17(15)23-14-10-8-13(21-5)9-11-14/h8-12,15,17H,1-7H3,(H,19,20)/t12-,15+,17-/m1/s1. The van der Waals surface area contributed by atoms with Gasteiger partial charge in [0.25, 0.3) is 0 Å². The van der Waals surface area contributed by atoms with Crippen molar-refractivity contribution in [1.82, 2.24) is 5.32 Å². The number of rotatable bonds is 6. The number of thioether (sulfide) groups is 1. The third-order valence-electron chi connectivity index (χ3n) is 5.03. The molecule has 0 spiro atoms. The van der Waals surface area contributed by atoms with E-state index in [1.165, 1.54) is 0 Å². The van der Waals surface area contributed by atoms with Crippen LogP contribution in [-0.2, 0) is 9.22 Å². The van der Waals surface area contributed by atoms with Gasteiger partial charge in [-0.1, -0.05) is 20.8 Å². The van der Waals surface area contributed by atoms with Gasteiger partial charge in [0, 0.05) is 4.90 Å². The van der Waals surface area contributed by atoms with Crippen molar-refractivity contribution in [3.05, 3.63) is 24.3 Å². The van der Waals surface area contributed by atoms with Crippen LogP contribution in [0.15, 0.2) is 29.2 Å². The second-order valence-electron chi connectivity index (χ2n) is 7.83. The van der Waals surface area contributed by atoms with Crippen molar-refractivity contribution in [3.8, 4) is 5.75 Å². The molecule has 1 aromatic rings. The van der Waals surface area contributed by atoms with E-state index in [1.54, 1.807) is 18.9 Å². The molecule has 6 heteroatoms. The minimum atomic E-state index is -1.88. The van der Waals surface area contributed by atoms with Gasteiger partial charge in [0.1, 0.15) is 5.75 Å². The molecule has 0 aromatic heterocycles. The van der Waals surface area contributed by atoms with Gasteiger partial charge in [-0.05, 0) is 49.3 Å². The SMILES string of the molecule is COc1ccc(S[C@H]2NC(=O)[C@@H]2[C@@H](C)O[Si](C)(C)C(C)(C)C)cc1. The summed E-state index contributed by atoms with van der Waals surface area (Å²) in [6.07, 6.45) is -0.0737. The molecule has 24 heavy (non-hydrogen) atoms. The Morgan fingerprint density at radius 3 is 2.25 bits per heavy atom. The summed E-state index contributed by atoms with van der Waals surface area (Å²) < 4.78 is 11.6. The van der Waals surface area contributed by atoms with Crippen molar-refractivity contribution in [2.24, 2.45) is 5.92 Å². The second-order valence-corrected chi connectivity index (χ2v) is 13.8. The first kappa shape index (κ1) is 19.3. The van der Waals surface area contributed by atoms with Gasteiger partial charge in [0.2, 0.25) is 5.91 Å². The summed E-state index contributed by atoms with van der Waals surface area (Å²) in [5, 5.41) is 3.20. The summed E-state index contributed by atoms with van der Waals surface area (Å²) in [7, 11) is -0.226. The first-order valence-electron chi connectivity index (χ1n) is 8.34. The van der Waals surface area contributed by atoms with Crippen molar-refractivity contribution in [1.29, 1.82) is 0 Å². The van der Waals surface area contributed by atoms with E-state index in [2.05, 4.69) is 39.2 Å². The molecule has 1 saturated heterocycles. The molecule has 1 amide bonds. The van der Waals surface area contributed by atoms with Crippen molar-refractivity contribution >= 4 is 26.0 Å². The molecule has 0 bridgehead atoms. The maximum atomic E-state index is 12.1. The van der Waals surface area contributed by atoms with Gasteiger partial charge in [-0.3, -0.25) is 4.79 Å². The monoisotopic (exact) mass is 367 g/mol. The Morgan fingerprint density at radius 1 is 1.21 bits per heavy atom.